The Balaban J connectivity index is 1.61. The van der Waals surface area contributed by atoms with Gasteiger partial charge in [-0.05, 0) is 79.7 Å². The molecule has 0 spiro atoms. The quantitative estimate of drug-likeness (QED) is 0.0929. The smallest absolute Gasteiger partial charge is 0.410 e. The molecule has 1 aliphatic heterocycles. The van der Waals surface area contributed by atoms with E-state index in [1.165, 1.54) is 19.2 Å². The third kappa shape index (κ3) is 10.5. The molecule has 268 valence electrons. The number of aryl methyl sites for hydroxylation is 1. The lowest BCUT2D eigenvalue weighted by molar-refractivity contribution is 0.0240. The summed E-state index contributed by atoms with van der Waals surface area (Å²) in [5.41, 5.74) is 2.98. The van der Waals surface area contributed by atoms with E-state index in [0.29, 0.717) is 53.6 Å². The number of alkyl halides is 1. The van der Waals surface area contributed by atoms with Crippen molar-refractivity contribution in [2.45, 2.75) is 52.1 Å². The molecule has 1 aromatic heterocycles. The highest BCUT2D eigenvalue weighted by Crippen LogP contribution is 2.38. The van der Waals surface area contributed by atoms with Gasteiger partial charge in [-0.2, -0.15) is 4.98 Å². The van der Waals surface area contributed by atoms with Gasteiger partial charge in [0.2, 0.25) is 16.0 Å². The largest absolute Gasteiger partial charge is 0.508 e. The molecule has 2 heterocycles. The van der Waals surface area contributed by atoms with E-state index in [0.717, 1.165) is 52.8 Å². The lowest BCUT2D eigenvalue weighted by atomic mass is 10.0. The number of nitrogens with zero attached hydrogens (tertiary/aromatic N) is 5. The first-order valence-electron chi connectivity index (χ1n) is 15.9. The summed E-state index contributed by atoms with van der Waals surface area (Å²) in [5.74, 6) is 1.18. The van der Waals surface area contributed by atoms with Gasteiger partial charge in [-0.1, -0.05) is 22.4 Å². The van der Waals surface area contributed by atoms with Gasteiger partial charge in [0.05, 0.1) is 34.9 Å². The first-order chi connectivity index (χ1) is 23.1. The highest BCUT2D eigenvalue weighted by molar-refractivity contribution is 9.10. The molecule has 1 fully saturated rings. The van der Waals surface area contributed by atoms with Crippen molar-refractivity contribution in [2.24, 2.45) is 0 Å². The van der Waals surface area contributed by atoms with Crippen LogP contribution in [0.3, 0.4) is 0 Å². The SMILES string of the molecule is COc1cc(N2CCN(C(=O)OC(C)(C)C)CC2)c(CCCCCBr)cc1Nc1ncc(Br)c(Nc2ccc(O)cc2N(C)S(C)(=O)=O)n1. The van der Waals surface area contributed by atoms with Crippen LogP contribution < -0.4 is 24.6 Å². The van der Waals surface area contributed by atoms with Gasteiger partial charge in [0.15, 0.2) is 0 Å². The lowest BCUT2D eigenvalue weighted by Crippen LogP contribution is -2.50. The Hall–Kier alpha value is -3.50. The van der Waals surface area contributed by atoms with Crippen LogP contribution in [0.1, 0.15) is 45.6 Å². The molecule has 1 aliphatic rings. The van der Waals surface area contributed by atoms with Crippen LogP contribution in [-0.4, -0.2) is 92.0 Å². The lowest BCUT2D eigenvalue weighted by Gasteiger charge is -2.37. The van der Waals surface area contributed by atoms with Crippen molar-refractivity contribution in [2.75, 3.05) is 71.8 Å². The Morgan fingerprint density at radius 3 is 2.41 bits per heavy atom. The second kappa shape index (κ2) is 16.5. The predicted octanol–water partition coefficient (Wildman–Crippen LogP) is 7.00. The Bertz CT molecular complexity index is 1730. The summed E-state index contributed by atoms with van der Waals surface area (Å²) in [6.07, 6.45) is 6.38. The van der Waals surface area contributed by atoms with Crippen LogP contribution in [0.5, 0.6) is 11.5 Å². The number of benzene rings is 2. The van der Waals surface area contributed by atoms with Gasteiger partial charge in [0.25, 0.3) is 0 Å². The van der Waals surface area contributed by atoms with Crippen LogP contribution in [0.4, 0.5) is 39.3 Å². The highest BCUT2D eigenvalue weighted by Gasteiger charge is 2.27. The molecule has 13 nitrogen and oxygen atoms in total. The van der Waals surface area contributed by atoms with Gasteiger partial charge in [-0.25, -0.2) is 18.2 Å². The van der Waals surface area contributed by atoms with Crippen LogP contribution in [0.15, 0.2) is 41.0 Å². The zero-order chi connectivity index (χ0) is 35.9. The summed E-state index contributed by atoms with van der Waals surface area (Å²) in [5, 5.41) is 17.5. The number of methoxy groups -OCH3 is 1. The van der Waals surface area contributed by atoms with E-state index in [1.807, 2.05) is 26.8 Å². The van der Waals surface area contributed by atoms with Crippen molar-refractivity contribution in [3.05, 3.63) is 46.6 Å². The molecule has 49 heavy (non-hydrogen) atoms. The molecule has 1 amide bonds. The summed E-state index contributed by atoms with van der Waals surface area (Å²) in [6, 6.07) is 8.48. The van der Waals surface area contributed by atoms with E-state index in [9.17, 15) is 18.3 Å². The number of carbonyl (C=O) groups excluding carboxylic acids is 1. The number of hydrogen-bond acceptors (Lipinski definition) is 11. The average Bonchev–Trinajstić information content (AvgIpc) is 3.04. The Labute approximate surface area is 305 Å². The Morgan fingerprint density at radius 1 is 1.06 bits per heavy atom. The van der Waals surface area contributed by atoms with Crippen molar-refractivity contribution in [3.63, 3.8) is 0 Å². The number of carbonyl (C=O) groups is 1. The molecule has 0 bridgehead atoms. The van der Waals surface area contributed by atoms with Crippen LogP contribution in [0, 0.1) is 0 Å². The van der Waals surface area contributed by atoms with E-state index >= 15 is 0 Å². The van der Waals surface area contributed by atoms with Crippen LogP contribution in [-0.2, 0) is 21.2 Å². The molecule has 0 saturated carbocycles. The molecule has 3 N–H and O–H groups in total. The normalized spacial score (nSPS) is 13.6. The standard InChI is InChI=1S/C33H45Br2N7O6S/c1-33(2,3)48-32(44)42-16-14-41(15-17-42)27-20-29(47-5)26(18-22(27)10-8-7-9-13-34)38-31-36-21-24(35)30(39-31)37-25-12-11-23(43)19-28(25)40(4)49(6,45)46/h11-12,18-21,43H,7-10,13-17H2,1-6H3,(H2,36,37,38,39). The molecule has 1 saturated heterocycles. The number of piperazine rings is 1. The van der Waals surface area contributed by atoms with Crippen molar-refractivity contribution < 1.29 is 27.8 Å². The number of amides is 1. The number of hydrogen-bond donors (Lipinski definition) is 3. The molecular weight excluding hydrogens is 782 g/mol. The van der Waals surface area contributed by atoms with Gasteiger partial charge in [0, 0.05) is 62.6 Å². The monoisotopic (exact) mass is 825 g/mol. The van der Waals surface area contributed by atoms with Gasteiger partial charge in [0.1, 0.15) is 22.9 Å². The maximum absolute atomic E-state index is 12.7. The minimum absolute atomic E-state index is 0.0800. The number of phenolic OH excluding ortho intramolecular Hbond substituents is 1. The number of rotatable bonds is 13. The highest BCUT2D eigenvalue weighted by atomic mass is 79.9. The first kappa shape index (κ1) is 38.3. The van der Waals surface area contributed by atoms with E-state index < -0.39 is 15.6 Å². The van der Waals surface area contributed by atoms with E-state index in [2.05, 4.69) is 63.4 Å². The van der Waals surface area contributed by atoms with Gasteiger partial charge >= 0.3 is 6.09 Å². The fourth-order valence-corrected chi connectivity index (χ4v) is 6.44. The van der Waals surface area contributed by atoms with Gasteiger partial charge in [-0.3, -0.25) is 4.31 Å². The number of ether oxygens (including phenoxy) is 2. The zero-order valence-electron chi connectivity index (χ0n) is 28.7. The maximum Gasteiger partial charge on any atom is 0.410 e. The number of halogens is 2. The van der Waals surface area contributed by atoms with Gasteiger partial charge < -0.3 is 35.0 Å². The first-order valence-corrected chi connectivity index (χ1v) is 19.7. The van der Waals surface area contributed by atoms with Crippen molar-refractivity contribution in [3.8, 4) is 11.5 Å². The Kier molecular flexibility index (Phi) is 12.9. The van der Waals surface area contributed by atoms with E-state index in [4.69, 9.17) is 9.47 Å². The molecule has 0 radical (unpaired) electrons. The number of aromatic hydroxyl groups is 1. The molecular formula is C33H45Br2N7O6S. The molecule has 16 heteroatoms. The van der Waals surface area contributed by atoms with Crippen molar-refractivity contribution >= 4 is 82.5 Å². The average molecular weight is 828 g/mol. The number of unbranched alkanes of at least 4 members (excludes halogenated alkanes) is 2. The summed E-state index contributed by atoms with van der Waals surface area (Å²) in [6.45, 7) is 8.01. The fourth-order valence-electron chi connectivity index (χ4n) is 5.25. The molecule has 4 rings (SSSR count). The topological polar surface area (TPSA) is 149 Å². The third-order valence-electron chi connectivity index (χ3n) is 7.81. The number of nitrogens with one attached hydrogen (secondary N) is 2. The Morgan fingerprint density at radius 2 is 1.78 bits per heavy atom. The van der Waals surface area contributed by atoms with E-state index in [1.54, 1.807) is 24.3 Å². The molecule has 2 aromatic carbocycles. The summed E-state index contributed by atoms with van der Waals surface area (Å²) < 4.78 is 37.7. The van der Waals surface area contributed by atoms with Crippen LogP contribution >= 0.6 is 31.9 Å². The second-order valence-electron chi connectivity index (χ2n) is 12.7. The second-order valence-corrected chi connectivity index (χ2v) is 16.4. The predicted molar refractivity (Wildman–Crippen MR) is 202 cm³/mol. The minimum Gasteiger partial charge on any atom is -0.508 e. The molecule has 3 aromatic rings. The fraction of sp³-hybridized carbons (Fsp3) is 0.485. The number of aromatic nitrogens is 2. The van der Waals surface area contributed by atoms with Crippen molar-refractivity contribution in [1.29, 1.82) is 0 Å². The number of phenols is 1. The van der Waals surface area contributed by atoms with Gasteiger partial charge in [-0.15, -0.1) is 0 Å². The zero-order valence-corrected chi connectivity index (χ0v) is 32.7. The summed E-state index contributed by atoms with van der Waals surface area (Å²) in [7, 11) is -0.591. The van der Waals surface area contributed by atoms with Crippen LogP contribution in [0.2, 0.25) is 0 Å². The minimum atomic E-state index is -3.61. The summed E-state index contributed by atoms with van der Waals surface area (Å²) in [4.78, 5) is 25.9. The summed E-state index contributed by atoms with van der Waals surface area (Å²) >= 11 is 7.02. The number of sulfonamides is 1. The number of anilines is 6. The third-order valence-corrected chi connectivity index (χ3v) is 10.1. The molecule has 0 aliphatic carbocycles. The maximum atomic E-state index is 12.7. The van der Waals surface area contributed by atoms with Crippen LogP contribution in [0.25, 0.3) is 0 Å². The molecule has 0 atom stereocenters. The molecule has 0 unspecified atom stereocenters. The van der Waals surface area contributed by atoms with E-state index in [-0.39, 0.29) is 23.5 Å². The van der Waals surface area contributed by atoms with Crippen molar-refractivity contribution in [1.82, 2.24) is 14.9 Å².